The molecule has 1 atom stereocenters. The van der Waals surface area contributed by atoms with Crippen LogP contribution in [0.5, 0.6) is 0 Å². The van der Waals surface area contributed by atoms with Crippen LogP contribution in [0.15, 0.2) is 78.9 Å². The number of hydrogen-bond donors (Lipinski definition) is 2. The van der Waals surface area contributed by atoms with E-state index in [1.165, 1.54) is 4.90 Å². The van der Waals surface area contributed by atoms with Crippen molar-refractivity contribution in [1.29, 1.82) is 0 Å². The van der Waals surface area contributed by atoms with Crippen LogP contribution in [0.25, 0.3) is 11.1 Å². The smallest absolute Gasteiger partial charge is 0.407 e. The first-order valence-electron chi connectivity index (χ1n) is 13.6. The van der Waals surface area contributed by atoms with Crippen molar-refractivity contribution in [2.45, 2.75) is 44.8 Å². The predicted octanol–water partition coefficient (Wildman–Crippen LogP) is 4.74. The van der Waals surface area contributed by atoms with Gasteiger partial charge in [-0.25, -0.2) is 4.79 Å². The second kappa shape index (κ2) is 13.3. The van der Waals surface area contributed by atoms with Crippen LogP contribution in [-0.4, -0.2) is 71.7 Å². The van der Waals surface area contributed by atoms with Crippen LogP contribution in [0.4, 0.5) is 4.79 Å². The Morgan fingerprint density at radius 2 is 1.48 bits per heavy atom. The number of ether oxygens (including phenoxy) is 1. The molecule has 8 nitrogen and oxygen atoms in total. The fraction of sp³-hybridized carbons (Fsp3) is 0.344. The van der Waals surface area contributed by atoms with E-state index in [1.54, 1.807) is 0 Å². The van der Waals surface area contributed by atoms with Crippen molar-refractivity contribution < 1.29 is 24.2 Å². The quantitative estimate of drug-likeness (QED) is 0.343. The fourth-order valence-corrected chi connectivity index (χ4v) is 5.28. The Labute approximate surface area is 235 Å². The number of rotatable bonds is 12. The molecule has 0 heterocycles. The number of amides is 2. The van der Waals surface area contributed by atoms with Gasteiger partial charge in [0.05, 0.1) is 6.42 Å². The Morgan fingerprint density at radius 1 is 0.900 bits per heavy atom. The summed E-state index contributed by atoms with van der Waals surface area (Å²) in [7, 11) is 1.88. The second-order valence-corrected chi connectivity index (χ2v) is 10.5. The van der Waals surface area contributed by atoms with Gasteiger partial charge < -0.3 is 20.1 Å². The number of aliphatic carboxylic acids is 1. The van der Waals surface area contributed by atoms with Gasteiger partial charge in [0.25, 0.3) is 0 Å². The number of carbonyl (C=O) groups is 3. The number of alkyl carbamates (subject to hydrolysis) is 1. The largest absolute Gasteiger partial charge is 0.481 e. The molecule has 0 bridgehead atoms. The highest BCUT2D eigenvalue weighted by Crippen LogP contribution is 2.44. The third-order valence-electron chi connectivity index (χ3n) is 7.20. The maximum atomic E-state index is 13.6. The summed E-state index contributed by atoms with van der Waals surface area (Å²) in [6.45, 7) is 4.66. The number of carboxylic acids is 1. The van der Waals surface area contributed by atoms with Gasteiger partial charge in [0.1, 0.15) is 12.6 Å². The van der Waals surface area contributed by atoms with Crippen LogP contribution in [0, 0.1) is 0 Å². The van der Waals surface area contributed by atoms with Gasteiger partial charge in [-0.3, -0.25) is 14.5 Å². The fourth-order valence-electron chi connectivity index (χ4n) is 5.28. The average Bonchev–Trinajstić information content (AvgIpc) is 3.25. The van der Waals surface area contributed by atoms with Crippen LogP contribution >= 0.6 is 0 Å². The molecule has 3 aromatic carbocycles. The van der Waals surface area contributed by atoms with Crippen molar-refractivity contribution in [2.24, 2.45) is 0 Å². The molecule has 0 saturated heterocycles. The SMILES string of the molecule is CC(C)N(CCC(=O)O)C(=O)C(CN(C)Cc1ccccc1)NC(=O)OCC1c2ccccc2-c2ccccc21. The second-order valence-electron chi connectivity index (χ2n) is 10.5. The lowest BCUT2D eigenvalue weighted by atomic mass is 9.98. The minimum Gasteiger partial charge on any atom is -0.481 e. The number of carboxylic acid groups (broad SMARTS) is 1. The summed E-state index contributed by atoms with van der Waals surface area (Å²) in [5.74, 6) is -1.43. The third-order valence-corrected chi connectivity index (χ3v) is 7.20. The van der Waals surface area contributed by atoms with Gasteiger partial charge in [0.15, 0.2) is 0 Å². The van der Waals surface area contributed by atoms with Crippen molar-refractivity contribution in [2.75, 3.05) is 26.7 Å². The van der Waals surface area contributed by atoms with E-state index in [1.807, 2.05) is 80.4 Å². The van der Waals surface area contributed by atoms with Crippen molar-refractivity contribution in [1.82, 2.24) is 15.1 Å². The van der Waals surface area contributed by atoms with Gasteiger partial charge in [0, 0.05) is 31.6 Å². The summed E-state index contributed by atoms with van der Waals surface area (Å²) in [6, 6.07) is 24.9. The molecule has 0 fully saturated rings. The molecule has 0 spiro atoms. The molecule has 8 heteroatoms. The van der Waals surface area contributed by atoms with Crippen LogP contribution in [0.3, 0.4) is 0 Å². The molecular formula is C32H37N3O5. The molecule has 3 aromatic rings. The standard InChI is InChI=1S/C32H37N3O5/c1-22(2)35(18-17-30(36)37)31(38)29(20-34(3)19-23-11-5-4-6-12-23)33-32(39)40-21-28-26-15-9-7-13-24(26)25-14-8-10-16-27(25)28/h4-16,22,28-29H,17-21H2,1-3H3,(H,33,39)(H,36,37). The van der Waals surface area contributed by atoms with Gasteiger partial charge in [-0.2, -0.15) is 0 Å². The summed E-state index contributed by atoms with van der Waals surface area (Å²) < 4.78 is 5.73. The summed E-state index contributed by atoms with van der Waals surface area (Å²) in [5.41, 5.74) is 5.55. The number of carbonyl (C=O) groups excluding carboxylic acids is 2. The van der Waals surface area contributed by atoms with Crippen molar-refractivity contribution >= 4 is 18.0 Å². The Morgan fingerprint density at radius 3 is 2.05 bits per heavy atom. The number of nitrogens with zero attached hydrogens (tertiary/aromatic N) is 2. The molecule has 1 aliphatic rings. The van der Waals surface area contributed by atoms with Crippen LogP contribution in [0.1, 0.15) is 42.9 Å². The molecule has 2 amide bonds. The normalized spacial score (nSPS) is 13.0. The van der Waals surface area contributed by atoms with E-state index in [0.717, 1.165) is 27.8 Å². The summed E-state index contributed by atoms with van der Waals surface area (Å²) in [5, 5.41) is 12.0. The van der Waals surface area contributed by atoms with E-state index in [9.17, 15) is 19.5 Å². The monoisotopic (exact) mass is 543 g/mol. The molecular weight excluding hydrogens is 506 g/mol. The van der Waals surface area contributed by atoms with Crippen LogP contribution < -0.4 is 5.32 Å². The molecule has 1 aliphatic carbocycles. The van der Waals surface area contributed by atoms with Gasteiger partial charge in [0.2, 0.25) is 5.91 Å². The van der Waals surface area contributed by atoms with Gasteiger partial charge in [-0.1, -0.05) is 78.9 Å². The number of benzene rings is 3. The zero-order valence-electron chi connectivity index (χ0n) is 23.2. The molecule has 0 saturated carbocycles. The van der Waals surface area contributed by atoms with Crippen molar-refractivity contribution in [3.05, 3.63) is 95.6 Å². The lowest BCUT2D eigenvalue weighted by Gasteiger charge is -2.32. The minimum atomic E-state index is -0.985. The maximum absolute atomic E-state index is 13.6. The summed E-state index contributed by atoms with van der Waals surface area (Å²) in [6.07, 6.45) is -0.864. The van der Waals surface area contributed by atoms with E-state index in [4.69, 9.17) is 4.74 Å². The predicted molar refractivity (Wildman–Crippen MR) is 154 cm³/mol. The molecule has 0 aliphatic heterocycles. The van der Waals surface area contributed by atoms with E-state index >= 15 is 0 Å². The molecule has 210 valence electrons. The lowest BCUT2D eigenvalue weighted by molar-refractivity contribution is -0.140. The lowest BCUT2D eigenvalue weighted by Crippen LogP contribution is -2.55. The van der Waals surface area contributed by atoms with Gasteiger partial charge >= 0.3 is 12.1 Å². The number of nitrogens with one attached hydrogen (secondary N) is 1. The van der Waals surface area contributed by atoms with E-state index in [0.29, 0.717) is 6.54 Å². The molecule has 1 unspecified atom stereocenters. The Kier molecular flexibility index (Phi) is 9.56. The minimum absolute atomic E-state index is 0.0527. The maximum Gasteiger partial charge on any atom is 0.407 e. The topological polar surface area (TPSA) is 99.2 Å². The summed E-state index contributed by atoms with van der Waals surface area (Å²) in [4.78, 5) is 41.4. The van der Waals surface area contributed by atoms with Crippen LogP contribution in [0.2, 0.25) is 0 Å². The third kappa shape index (κ3) is 7.07. The van der Waals surface area contributed by atoms with Crippen molar-refractivity contribution in [3.63, 3.8) is 0 Å². The molecule has 40 heavy (non-hydrogen) atoms. The molecule has 2 N–H and O–H groups in total. The van der Waals surface area contributed by atoms with Crippen molar-refractivity contribution in [3.8, 4) is 11.1 Å². The zero-order valence-corrected chi connectivity index (χ0v) is 23.2. The number of likely N-dealkylation sites (N-methyl/N-ethyl adjacent to an activating group) is 1. The summed E-state index contributed by atoms with van der Waals surface area (Å²) >= 11 is 0. The highest BCUT2D eigenvalue weighted by Gasteiger charge is 2.32. The van der Waals surface area contributed by atoms with Crippen LogP contribution in [-0.2, 0) is 20.9 Å². The number of hydrogen-bond acceptors (Lipinski definition) is 5. The van der Waals surface area contributed by atoms with Gasteiger partial charge in [-0.15, -0.1) is 0 Å². The first-order chi connectivity index (χ1) is 19.2. The van der Waals surface area contributed by atoms with Gasteiger partial charge in [-0.05, 0) is 48.7 Å². The highest BCUT2D eigenvalue weighted by molar-refractivity contribution is 5.86. The van der Waals surface area contributed by atoms with E-state index < -0.39 is 18.1 Å². The molecule has 4 rings (SSSR count). The Balaban J connectivity index is 1.47. The highest BCUT2D eigenvalue weighted by atomic mass is 16.5. The Bertz CT molecular complexity index is 1280. The van der Waals surface area contributed by atoms with E-state index in [-0.39, 0.29) is 44.0 Å². The molecule has 0 aromatic heterocycles. The Hall–Kier alpha value is -4.17. The average molecular weight is 544 g/mol. The number of fused-ring (bicyclic) bond motifs is 3. The zero-order chi connectivity index (χ0) is 28.6. The first-order valence-corrected chi connectivity index (χ1v) is 13.6. The van der Waals surface area contributed by atoms with E-state index in [2.05, 4.69) is 29.6 Å². The molecule has 0 radical (unpaired) electrons. The first kappa shape index (κ1) is 28.8.